The van der Waals surface area contributed by atoms with Crippen molar-refractivity contribution in [1.29, 1.82) is 0 Å². The maximum atomic E-state index is 4.16. The molecule has 1 N–H and O–H groups in total. The third kappa shape index (κ3) is 3.15. The van der Waals surface area contributed by atoms with Crippen LogP contribution in [0.5, 0.6) is 0 Å². The summed E-state index contributed by atoms with van der Waals surface area (Å²) < 4.78 is 1.81. The van der Waals surface area contributed by atoms with Gasteiger partial charge in [0, 0.05) is 25.7 Å². The highest BCUT2D eigenvalue weighted by Gasteiger charge is 2.20. The Morgan fingerprint density at radius 2 is 2.10 bits per heavy atom. The number of nitrogens with zero attached hydrogens (tertiary/aromatic N) is 5. The van der Waals surface area contributed by atoms with Crippen molar-refractivity contribution >= 4 is 12.4 Å². The van der Waals surface area contributed by atoms with Crippen LogP contribution in [0, 0.1) is 0 Å². The van der Waals surface area contributed by atoms with Gasteiger partial charge in [-0.3, -0.25) is 4.90 Å². The standard InChI is InChI=1S/C13H18N6.ClH/c1-11-9-14-7-8-18(11)10-13-15-16-17-19(13)12-5-3-2-4-6-12;/h2-6,11,14H,7-10H2,1H3;1H. The minimum absolute atomic E-state index is 0. The molecule has 0 spiro atoms. The zero-order chi connectivity index (χ0) is 13.1. The molecule has 108 valence electrons. The van der Waals surface area contributed by atoms with Gasteiger partial charge in [0.25, 0.3) is 0 Å². The molecule has 2 heterocycles. The molecule has 20 heavy (non-hydrogen) atoms. The van der Waals surface area contributed by atoms with E-state index in [0.29, 0.717) is 6.04 Å². The van der Waals surface area contributed by atoms with E-state index in [0.717, 1.165) is 37.7 Å². The van der Waals surface area contributed by atoms with E-state index in [-0.39, 0.29) is 12.4 Å². The molecule has 1 unspecified atom stereocenters. The summed E-state index contributed by atoms with van der Waals surface area (Å²) in [5.41, 5.74) is 1.00. The van der Waals surface area contributed by atoms with Crippen molar-refractivity contribution in [1.82, 2.24) is 30.4 Å². The third-order valence-corrected chi connectivity index (χ3v) is 3.52. The number of aromatic nitrogens is 4. The summed E-state index contributed by atoms with van der Waals surface area (Å²) in [4.78, 5) is 2.40. The van der Waals surface area contributed by atoms with Gasteiger partial charge in [-0.2, -0.15) is 4.68 Å². The Balaban J connectivity index is 0.00000147. The molecule has 1 atom stereocenters. The monoisotopic (exact) mass is 294 g/mol. The minimum atomic E-state index is 0. The number of hydrogen-bond acceptors (Lipinski definition) is 5. The summed E-state index contributed by atoms with van der Waals surface area (Å²) in [6, 6.07) is 10.5. The van der Waals surface area contributed by atoms with Crippen molar-refractivity contribution < 1.29 is 0 Å². The summed E-state index contributed by atoms with van der Waals surface area (Å²) in [6.45, 7) is 6.08. The van der Waals surface area contributed by atoms with Crippen LogP contribution in [0.4, 0.5) is 0 Å². The van der Waals surface area contributed by atoms with Gasteiger partial charge in [-0.1, -0.05) is 18.2 Å². The number of hydrogen-bond donors (Lipinski definition) is 1. The van der Waals surface area contributed by atoms with Crippen molar-refractivity contribution in [2.75, 3.05) is 19.6 Å². The first-order chi connectivity index (χ1) is 9.34. The van der Waals surface area contributed by atoms with Crippen LogP contribution in [0.3, 0.4) is 0 Å². The second-order valence-corrected chi connectivity index (χ2v) is 4.87. The highest BCUT2D eigenvalue weighted by molar-refractivity contribution is 5.85. The molecule has 0 bridgehead atoms. The molecular formula is C13H19ClN6. The molecule has 1 aromatic carbocycles. The van der Waals surface area contributed by atoms with Gasteiger partial charge in [0.05, 0.1) is 12.2 Å². The van der Waals surface area contributed by atoms with Gasteiger partial charge < -0.3 is 5.32 Å². The summed E-state index contributed by atoms with van der Waals surface area (Å²) in [5, 5.41) is 15.5. The van der Waals surface area contributed by atoms with Crippen LogP contribution in [0.25, 0.3) is 5.69 Å². The van der Waals surface area contributed by atoms with E-state index >= 15 is 0 Å². The summed E-state index contributed by atoms with van der Waals surface area (Å²) in [5.74, 6) is 0.889. The number of para-hydroxylation sites is 1. The topological polar surface area (TPSA) is 58.9 Å². The first-order valence-corrected chi connectivity index (χ1v) is 6.62. The van der Waals surface area contributed by atoms with E-state index in [1.165, 1.54) is 0 Å². The van der Waals surface area contributed by atoms with Crippen LogP contribution in [-0.2, 0) is 6.54 Å². The van der Waals surface area contributed by atoms with Crippen molar-refractivity contribution in [2.24, 2.45) is 0 Å². The van der Waals surface area contributed by atoms with Crippen LogP contribution in [0.15, 0.2) is 30.3 Å². The second kappa shape index (κ2) is 6.78. The molecule has 1 aliphatic rings. The quantitative estimate of drug-likeness (QED) is 0.910. The van der Waals surface area contributed by atoms with Gasteiger partial charge >= 0.3 is 0 Å². The summed E-state index contributed by atoms with van der Waals surface area (Å²) in [6.07, 6.45) is 0. The minimum Gasteiger partial charge on any atom is -0.314 e. The van der Waals surface area contributed by atoms with Crippen LogP contribution >= 0.6 is 12.4 Å². The van der Waals surface area contributed by atoms with Crippen molar-refractivity contribution in [3.05, 3.63) is 36.2 Å². The Morgan fingerprint density at radius 3 is 2.85 bits per heavy atom. The maximum Gasteiger partial charge on any atom is 0.170 e. The number of benzene rings is 1. The zero-order valence-corrected chi connectivity index (χ0v) is 12.3. The molecule has 0 saturated carbocycles. The molecule has 1 fully saturated rings. The first-order valence-electron chi connectivity index (χ1n) is 6.62. The van der Waals surface area contributed by atoms with Crippen molar-refractivity contribution in [3.8, 4) is 5.69 Å². The van der Waals surface area contributed by atoms with Gasteiger partial charge in [0.15, 0.2) is 5.82 Å². The van der Waals surface area contributed by atoms with Gasteiger partial charge in [-0.15, -0.1) is 17.5 Å². The molecule has 7 heteroatoms. The lowest BCUT2D eigenvalue weighted by Gasteiger charge is -2.33. The van der Waals surface area contributed by atoms with E-state index in [2.05, 4.69) is 32.7 Å². The first kappa shape index (κ1) is 14.9. The maximum absolute atomic E-state index is 4.16. The van der Waals surface area contributed by atoms with Crippen molar-refractivity contribution in [3.63, 3.8) is 0 Å². The highest BCUT2D eigenvalue weighted by atomic mass is 35.5. The van der Waals surface area contributed by atoms with Crippen LogP contribution in [0.1, 0.15) is 12.7 Å². The molecule has 2 aromatic rings. The molecule has 6 nitrogen and oxygen atoms in total. The number of tetrazole rings is 1. The van der Waals surface area contributed by atoms with Crippen molar-refractivity contribution in [2.45, 2.75) is 19.5 Å². The average molecular weight is 295 g/mol. The van der Waals surface area contributed by atoms with Crippen LogP contribution in [0.2, 0.25) is 0 Å². The van der Waals surface area contributed by atoms with Gasteiger partial charge in [-0.05, 0) is 29.5 Å². The predicted octanol–water partition coefficient (Wildman–Crippen LogP) is 0.878. The smallest absolute Gasteiger partial charge is 0.170 e. The van der Waals surface area contributed by atoms with E-state index in [9.17, 15) is 0 Å². The Hall–Kier alpha value is -1.50. The number of nitrogens with one attached hydrogen (secondary N) is 1. The predicted molar refractivity (Wildman–Crippen MR) is 79.1 cm³/mol. The largest absolute Gasteiger partial charge is 0.314 e. The fourth-order valence-corrected chi connectivity index (χ4v) is 2.37. The van der Waals surface area contributed by atoms with E-state index < -0.39 is 0 Å². The molecule has 1 saturated heterocycles. The fraction of sp³-hybridized carbons (Fsp3) is 0.462. The highest BCUT2D eigenvalue weighted by Crippen LogP contribution is 2.11. The fourth-order valence-electron chi connectivity index (χ4n) is 2.37. The lowest BCUT2D eigenvalue weighted by molar-refractivity contribution is 0.160. The van der Waals surface area contributed by atoms with Crippen LogP contribution < -0.4 is 5.32 Å². The number of rotatable bonds is 3. The average Bonchev–Trinajstić information content (AvgIpc) is 2.91. The summed E-state index contributed by atoms with van der Waals surface area (Å²) in [7, 11) is 0. The Bertz CT molecular complexity index is 529. The molecular weight excluding hydrogens is 276 g/mol. The normalized spacial score (nSPS) is 19.6. The SMILES string of the molecule is CC1CNCCN1Cc1nnnn1-c1ccccc1.Cl. The van der Waals surface area contributed by atoms with Gasteiger partial charge in [0.1, 0.15) is 0 Å². The lowest BCUT2D eigenvalue weighted by atomic mass is 10.2. The van der Waals surface area contributed by atoms with Crippen LogP contribution in [-0.4, -0.2) is 50.8 Å². The molecule has 0 aliphatic carbocycles. The third-order valence-electron chi connectivity index (χ3n) is 3.52. The number of piperazine rings is 1. The Morgan fingerprint density at radius 1 is 1.30 bits per heavy atom. The molecule has 1 aromatic heterocycles. The molecule has 0 amide bonds. The summed E-state index contributed by atoms with van der Waals surface area (Å²) >= 11 is 0. The molecule has 1 aliphatic heterocycles. The van der Waals surface area contributed by atoms with Gasteiger partial charge in [0.2, 0.25) is 0 Å². The van der Waals surface area contributed by atoms with Gasteiger partial charge in [-0.25, -0.2) is 0 Å². The second-order valence-electron chi connectivity index (χ2n) is 4.87. The van der Waals surface area contributed by atoms with E-state index in [4.69, 9.17) is 0 Å². The lowest BCUT2D eigenvalue weighted by Crippen LogP contribution is -2.49. The molecule has 0 radical (unpaired) electrons. The van der Waals surface area contributed by atoms with E-state index in [1.807, 2.05) is 35.0 Å². The Kier molecular flexibility index (Phi) is 5.05. The Labute approximate surface area is 124 Å². The van der Waals surface area contributed by atoms with E-state index in [1.54, 1.807) is 0 Å². The molecule has 3 rings (SSSR count). The zero-order valence-electron chi connectivity index (χ0n) is 11.4. The number of halogens is 1.